The number of fused-ring (bicyclic) bond motifs is 1. The molecule has 31 heavy (non-hydrogen) atoms. The maximum Gasteiger partial charge on any atom is 0.306 e. The molecule has 1 aromatic carbocycles. The van der Waals surface area contributed by atoms with Gasteiger partial charge in [0.2, 0.25) is 0 Å². The first-order valence-electron chi connectivity index (χ1n) is 10.3. The van der Waals surface area contributed by atoms with E-state index in [0.717, 1.165) is 41.2 Å². The lowest BCUT2D eigenvalue weighted by molar-refractivity contribution is -0.697. The van der Waals surface area contributed by atoms with E-state index >= 15 is 0 Å². The van der Waals surface area contributed by atoms with Crippen LogP contribution in [0.5, 0.6) is 0 Å². The molecule has 0 aliphatic carbocycles. The van der Waals surface area contributed by atoms with Crippen LogP contribution in [0.25, 0.3) is 5.70 Å². The SMILES string of the molecule is CC1(P)C=C2NC(c3cc[n+](CCCC(=O)OCc4ccccc4)cc3)=CNC2=CS1. The van der Waals surface area contributed by atoms with Gasteiger partial charge in [0.1, 0.15) is 13.2 Å². The van der Waals surface area contributed by atoms with E-state index in [-0.39, 0.29) is 10.5 Å². The Morgan fingerprint density at radius 1 is 1.13 bits per heavy atom. The number of nitrogens with zero attached hydrogens (tertiary/aromatic N) is 1. The van der Waals surface area contributed by atoms with Gasteiger partial charge in [-0.3, -0.25) is 4.79 Å². The molecule has 5 nitrogen and oxygen atoms in total. The molecule has 0 bridgehead atoms. The molecular weight excluding hydrogens is 425 g/mol. The number of nitrogens with one attached hydrogen (secondary N) is 2. The van der Waals surface area contributed by atoms with Crippen LogP contribution in [0, 0.1) is 0 Å². The number of thioether (sulfide) groups is 1. The summed E-state index contributed by atoms with van der Waals surface area (Å²) in [6.07, 6.45) is 9.46. The predicted molar refractivity (Wildman–Crippen MR) is 128 cm³/mol. The van der Waals surface area contributed by atoms with Crippen molar-refractivity contribution in [1.82, 2.24) is 10.6 Å². The van der Waals surface area contributed by atoms with E-state index in [1.54, 1.807) is 11.8 Å². The van der Waals surface area contributed by atoms with Crippen molar-refractivity contribution in [1.29, 1.82) is 0 Å². The minimum absolute atomic E-state index is 0.00207. The molecule has 2 unspecified atom stereocenters. The van der Waals surface area contributed by atoms with Gasteiger partial charge in [-0.1, -0.05) is 30.3 Å². The van der Waals surface area contributed by atoms with Gasteiger partial charge in [-0.25, -0.2) is 4.57 Å². The van der Waals surface area contributed by atoms with Gasteiger partial charge in [-0.05, 0) is 24.0 Å². The molecule has 0 saturated carbocycles. The molecule has 7 heteroatoms. The van der Waals surface area contributed by atoms with E-state index in [9.17, 15) is 4.79 Å². The summed E-state index contributed by atoms with van der Waals surface area (Å²) in [7, 11) is 2.88. The Bertz CT molecular complexity index is 1030. The van der Waals surface area contributed by atoms with Crippen molar-refractivity contribution in [2.24, 2.45) is 0 Å². The van der Waals surface area contributed by atoms with Gasteiger partial charge >= 0.3 is 5.97 Å². The average Bonchev–Trinajstić information content (AvgIpc) is 2.78. The molecule has 0 amide bonds. The fourth-order valence-corrected chi connectivity index (χ4v) is 4.48. The molecule has 0 saturated heterocycles. The van der Waals surface area contributed by atoms with Gasteiger partial charge in [0.05, 0.1) is 28.0 Å². The average molecular weight is 453 g/mol. The minimum atomic E-state index is -0.160. The van der Waals surface area contributed by atoms with Crippen molar-refractivity contribution in [3.63, 3.8) is 0 Å². The van der Waals surface area contributed by atoms with Crippen molar-refractivity contribution in [2.45, 2.75) is 37.4 Å². The number of esters is 1. The third-order valence-corrected chi connectivity index (χ3v) is 6.59. The second kappa shape index (κ2) is 9.71. The molecule has 3 heterocycles. The predicted octanol–water partition coefficient (Wildman–Crippen LogP) is 4.05. The summed E-state index contributed by atoms with van der Waals surface area (Å²) in [5.74, 6) is -0.160. The number of pyridine rings is 1. The van der Waals surface area contributed by atoms with Gasteiger partial charge in [-0.2, -0.15) is 0 Å². The zero-order valence-electron chi connectivity index (χ0n) is 17.5. The second-order valence-corrected chi connectivity index (χ2v) is 10.8. The molecule has 4 rings (SSSR count). The first-order chi connectivity index (χ1) is 15.0. The molecule has 160 valence electrons. The normalized spacial score (nSPS) is 19.7. The van der Waals surface area contributed by atoms with Gasteiger partial charge in [0, 0.05) is 30.3 Å². The number of carbonyl (C=O) groups is 1. The molecule has 0 spiro atoms. The molecule has 0 fully saturated rings. The van der Waals surface area contributed by atoms with Gasteiger partial charge < -0.3 is 15.4 Å². The summed E-state index contributed by atoms with van der Waals surface area (Å²) >= 11 is 1.77. The number of ether oxygens (including phenoxy) is 1. The standard InChI is InChI=1S/C24H26N3O2PS/c1-24(30)14-20-22(17-31-24)25-15-21(26-20)19-9-12-27(13-10-19)11-5-8-23(28)29-16-18-6-3-2-4-7-18/h2-4,6-7,9-10,12-15,17,26H,5,8,11,16,30H2,1H3/p+1. The fourth-order valence-electron chi connectivity index (χ4n) is 3.35. The lowest BCUT2D eigenvalue weighted by Crippen LogP contribution is -2.34. The van der Waals surface area contributed by atoms with Crippen LogP contribution in [0.15, 0.2) is 83.9 Å². The number of rotatable bonds is 7. The second-order valence-electron chi connectivity index (χ2n) is 7.79. The van der Waals surface area contributed by atoms with Crippen LogP contribution in [0.2, 0.25) is 0 Å². The molecule has 2 aromatic rings. The van der Waals surface area contributed by atoms with Crippen molar-refractivity contribution >= 4 is 32.7 Å². The van der Waals surface area contributed by atoms with E-state index in [2.05, 4.69) is 55.0 Å². The fraction of sp³-hybridized carbons (Fsp3) is 0.250. The maximum atomic E-state index is 12.0. The molecule has 1 aromatic heterocycles. The van der Waals surface area contributed by atoms with Crippen LogP contribution < -0.4 is 15.2 Å². The summed E-state index contributed by atoms with van der Waals surface area (Å²) < 4.78 is 7.43. The van der Waals surface area contributed by atoms with Gasteiger partial charge in [-0.15, -0.1) is 21.0 Å². The highest BCUT2D eigenvalue weighted by Gasteiger charge is 2.25. The largest absolute Gasteiger partial charge is 0.461 e. The Morgan fingerprint density at radius 3 is 2.68 bits per heavy atom. The molecular formula is C24H27N3O2PS+. The van der Waals surface area contributed by atoms with Crippen LogP contribution >= 0.6 is 21.0 Å². The first kappa shape index (κ1) is 21.7. The van der Waals surface area contributed by atoms with Crippen LogP contribution in [0.4, 0.5) is 0 Å². The molecule has 2 atom stereocenters. The van der Waals surface area contributed by atoms with Crippen molar-refractivity contribution in [2.75, 3.05) is 0 Å². The van der Waals surface area contributed by atoms with E-state index in [4.69, 9.17) is 4.74 Å². The van der Waals surface area contributed by atoms with Gasteiger partial charge in [0.15, 0.2) is 12.4 Å². The number of carbonyl (C=O) groups excluding carboxylic acids is 1. The van der Waals surface area contributed by atoms with Crippen LogP contribution in [-0.4, -0.2) is 10.5 Å². The van der Waals surface area contributed by atoms with Crippen molar-refractivity contribution < 1.29 is 14.1 Å². The monoisotopic (exact) mass is 452 g/mol. The summed E-state index contributed by atoms with van der Waals surface area (Å²) in [5.41, 5.74) is 5.34. The lowest BCUT2D eigenvalue weighted by Gasteiger charge is -2.30. The summed E-state index contributed by atoms with van der Waals surface area (Å²) in [6, 6.07) is 13.9. The highest BCUT2D eigenvalue weighted by Crippen LogP contribution is 2.41. The zero-order valence-corrected chi connectivity index (χ0v) is 19.5. The van der Waals surface area contributed by atoms with Gasteiger partial charge in [0.25, 0.3) is 0 Å². The summed E-state index contributed by atoms with van der Waals surface area (Å²) in [5, 5.41) is 9.04. The van der Waals surface area contributed by atoms with Crippen LogP contribution in [0.1, 0.15) is 30.9 Å². The van der Waals surface area contributed by atoms with Crippen molar-refractivity contribution in [3.05, 3.63) is 95.1 Å². The number of hydrogen-bond donors (Lipinski definition) is 2. The molecule has 2 aliphatic rings. The van der Waals surface area contributed by atoms with E-state index in [1.165, 1.54) is 0 Å². The number of aromatic nitrogens is 1. The number of aryl methyl sites for hydroxylation is 1. The highest BCUT2D eigenvalue weighted by molar-refractivity contribution is 8.07. The number of hydrogen-bond acceptors (Lipinski definition) is 5. The molecule has 2 N–H and O–H groups in total. The quantitative estimate of drug-likeness (QED) is 0.377. The number of benzene rings is 1. The summed E-state index contributed by atoms with van der Waals surface area (Å²) in [4.78, 5) is 12.0. The zero-order chi connectivity index (χ0) is 21.7. The highest BCUT2D eigenvalue weighted by atomic mass is 32.2. The minimum Gasteiger partial charge on any atom is -0.461 e. The van der Waals surface area contributed by atoms with Crippen LogP contribution in [-0.2, 0) is 22.7 Å². The maximum absolute atomic E-state index is 12.0. The third kappa shape index (κ3) is 5.99. The van der Waals surface area contributed by atoms with Crippen molar-refractivity contribution in [3.8, 4) is 0 Å². The van der Waals surface area contributed by atoms with E-state index in [1.807, 2.05) is 48.9 Å². The van der Waals surface area contributed by atoms with E-state index < -0.39 is 0 Å². The topological polar surface area (TPSA) is 54.2 Å². The Hall–Kier alpha value is -2.56. The first-order valence-corrected chi connectivity index (χ1v) is 11.8. The summed E-state index contributed by atoms with van der Waals surface area (Å²) in [6.45, 7) is 3.27. The molecule has 2 aliphatic heterocycles. The van der Waals surface area contributed by atoms with Crippen LogP contribution in [0.3, 0.4) is 0 Å². The Balaban J connectivity index is 1.26. The van der Waals surface area contributed by atoms with E-state index in [0.29, 0.717) is 13.0 Å². The smallest absolute Gasteiger partial charge is 0.306 e. The Labute approximate surface area is 189 Å². The Morgan fingerprint density at radius 2 is 1.90 bits per heavy atom. The lowest BCUT2D eigenvalue weighted by atomic mass is 10.1. The Kier molecular flexibility index (Phi) is 6.79. The molecule has 0 radical (unpaired) electrons. The third-order valence-electron chi connectivity index (χ3n) is 5.04.